The summed E-state index contributed by atoms with van der Waals surface area (Å²) in [6, 6.07) is 5.72. The van der Waals surface area contributed by atoms with Gasteiger partial charge in [0.2, 0.25) is 0 Å². The highest BCUT2D eigenvalue weighted by Crippen LogP contribution is 2.12. The number of aryl methyl sites for hydroxylation is 1. The van der Waals surface area contributed by atoms with E-state index in [9.17, 15) is 4.79 Å². The van der Waals surface area contributed by atoms with Gasteiger partial charge in [-0.15, -0.1) is 16.7 Å². The van der Waals surface area contributed by atoms with Crippen LogP contribution < -0.4 is 0 Å². The SMILES string of the molecule is CCOC(=O)c1nnn(Cc2cccc(C)n2)c1CCl. The van der Waals surface area contributed by atoms with Gasteiger partial charge in [-0.25, -0.2) is 9.48 Å². The minimum absolute atomic E-state index is 0.132. The molecule has 0 radical (unpaired) electrons. The zero-order valence-electron chi connectivity index (χ0n) is 11.3. The first-order valence-corrected chi connectivity index (χ1v) is 6.77. The fourth-order valence-electron chi connectivity index (χ4n) is 1.79. The quantitative estimate of drug-likeness (QED) is 0.622. The maximum absolute atomic E-state index is 11.7. The van der Waals surface area contributed by atoms with E-state index >= 15 is 0 Å². The fourth-order valence-corrected chi connectivity index (χ4v) is 2.06. The fraction of sp³-hybridized carbons (Fsp3) is 0.385. The Hall–Kier alpha value is -1.95. The monoisotopic (exact) mass is 294 g/mol. The van der Waals surface area contributed by atoms with Crippen molar-refractivity contribution in [3.8, 4) is 0 Å². The Bertz CT molecular complexity index is 612. The second-order valence-corrected chi connectivity index (χ2v) is 4.43. The van der Waals surface area contributed by atoms with Crippen LogP contribution in [0.3, 0.4) is 0 Å². The zero-order valence-corrected chi connectivity index (χ0v) is 12.1. The van der Waals surface area contributed by atoms with Crippen LogP contribution in [0.25, 0.3) is 0 Å². The molecule has 2 aromatic heterocycles. The number of ether oxygens (including phenoxy) is 1. The molecule has 0 aliphatic heterocycles. The molecule has 0 bridgehead atoms. The third-order valence-electron chi connectivity index (χ3n) is 2.69. The van der Waals surface area contributed by atoms with Crippen LogP contribution in [0.4, 0.5) is 0 Å². The minimum atomic E-state index is -0.508. The summed E-state index contributed by atoms with van der Waals surface area (Å²) in [4.78, 5) is 16.1. The average molecular weight is 295 g/mol. The molecule has 2 heterocycles. The molecule has 0 saturated carbocycles. The molecule has 20 heavy (non-hydrogen) atoms. The lowest BCUT2D eigenvalue weighted by atomic mass is 10.3. The van der Waals surface area contributed by atoms with Crippen LogP contribution in [-0.4, -0.2) is 32.6 Å². The summed E-state index contributed by atoms with van der Waals surface area (Å²) in [5, 5.41) is 7.81. The van der Waals surface area contributed by atoms with Crippen molar-refractivity contribution >= 4 is 17.6 Å². The molecule has 7 heteroatoms. The summed E-state index contributed by atoms with van der Waals surface area (Å²) in [6.07, 6.45) is 0. The van der Waals surface area contributed by atoms with Crippen molar-refractivity contribution in [2.24, 2.45) is 0 Å². The standard InChI is InChI=1S/C13H15ClN4O2/c1-3-20-13(19)12-11(7-14)18(17-16-12)8-10-6-4-5-9(2)15-10/h4-6H,3,7-8H2,1-2H3. The number of alkyl halides is 1. The van der Waals surface area contributed by atoms with E-state index in [-0.39, 0.29) is 18.2 Å². The Morgan fingerprint density at radius 3 is 2.90 bits per heavy atom. The first kappa shape index (κ1) is 14.5. The third-order valence-corrected chi connectivity index (χ3v) is 2.94. The van der Waals surface area contributed by atoms with Gasteiger partial charge in [-0.2, -0.15) is 0 Å². The molecule has 0 saturated heterocycles. The third kappa shape index (κ3) is 3.14. The second kappa shape index (κ2) is 6.47. The number of esters is 1. The van der Waals surface area contributed by atoms with Gasteiger partial charge in [0.15, 0.2) is 5.69 Å². The van der Waals surface area contributed by atoms with Gasteiger partial charge in [0.25, 0.3) is 0 Å². The Morgan fingerprint density at radius 2 is 2.25 bits per heavy atom. The molecule has 106 valence electrons. The second-order valence-electron chi connectivity index (χ2n) is 4.17. The summed E-state index contributed by atoms with van der Waals surface area (Å²) in [7, 11) is 0. The lowest BCUT2D eigenvalue weighted by Crippen LogP contribution is -2.11. The predicted molar refractivity (Wildman–Crippen MR) is 73.6 cm³/mol. The van der Waals surface area contributed by atoms with E-state index in [2.05, 4.69) is 15.3 Å². The van der Waals surface area contributed by atoms with Gasteiger partial charge in [-0.3, -0.25) is 4.98 Å². The highest BCUT2D eigenvalue weighted by molar-refractivity contribution is 6.17. The Labute approximate surface area is 121 Å². The number of carbonyl (C=O) groups is 1. The number of hydrogen-bond donors (Lipinski definition) is 0. The van der Waals surface area contributed by atoms with E-state index in [0.29, 0.717) is 12.2 Å². The van der Waals surface area contributed by atoms with Gasteiger partial charge in [0, 0.05) is 5.69 Å². The van der Waals surface area contributed by atoms with Crippen LogP contribution in [0.2, 0.25) is 0 Å². The molecule has 2 aromatic rings. The van der Waals surface area contributed by atoms with Gasteiger partial charge in [0.05, 0.1) is 30.4 Å². The first-order chi connectivity index (χ1) is 9.65. The molecule has 0 amide bonds. The molecule has 0 aromatic carbocycles. The van der Waals surface area contributed by atoms with E-state index in [1.54, 1.807) is 11.6 Å². The Morgan fingerprint density at radius 1 is 1.45 bits per heavy atom. The van der Waals surface area contributed by atoms with Crippen LogP contribution in [0.1, 0.15) is 34.5 Å². The number of carbonyl (C=O) groups excluding carboxylic acids is 1. The van der Waals surface area contributed by atoms with Crippen LogP contribution >= 0.6 is 11.6 Å². The summed E-state index contributed by atoms with van der Waals surface area (Å²) < 4.78 is 6.49. The summed E-state index contributed by atoms with van der Waals surface area (Å²) in [5.41, 5.74) is 2.44. The molecule has 0 aliphatic carbocycles. The number of halogens is 1. The lowest BCUT2D eigenvalue weighted by Gasteiger charge is -2.05. The van der Waals surface area contributed by atoms with E-state index in [1.807, 2.05) is 25.1 Å². The summed E-state index contributed by atoms with van der Waals surface area (Å²) in [5.74, 6) is -0.376. The molecule has 0 spiro atoms. The zero-order chi connectivity index (χ0) is 14.5. The van der Waals surface area contributed by atoms with Gasteiger partial charge in [-0.1, -0.05) is 11.3 Å². The van der Waals surface area contributed by atoms with Crippen LogP contribution in [-0.2, 0) is 17.2 Å². The van der Waals surface area contributed by atoms with Crippen molar-refractivity contribution in [2.45, 2.75) is 26.3 Å². The van der Waals surface area contributed by atoms with Crippen molar-refractivity contribution in [2.75, 3.05) is 6.61 Å². The maximum Gasteiger partial charge on any atom is 0.360 e. The lowest BCUT2D eigenvalue weighted by molar-refractivity contribution is 0.0518. The maximum atomic E-state index is 11.7. The number of aromatic nitrogens is 4. The van der Waals surface area contributed by atoms with Gasteiger partial charge >= 0.3 is 5.97 Å². The van der Waals surface area contributed by atoms with Crippen molar-refractivity contribution in [3.63, 3.8) is 0 Å². The number of hydrogen-bond acceptors (Lipinski definition) is 5. The normalized spacial score (nSPS) is 10.6. The largest absolute Gasteiger partial charge is 0.461 e. The molecule has 0 aliphatic rings. The van der Waals surface area contributed by atoms with Gasteiger partial charge in [0.1, 0.15) is 0 Å². The first-order valence-electron chi connectivity index (χ1n) is 6.23. The highest BCUT2D eigenvalue weighted by atomic mass is 35.5. The van der Waals surface area contributed by atoms with Crippen molar-refractivity contribution in [3.05, 3.63) is 41.0 Å². The number of pyridine rings is 1. The number of rotatable bonds is 5. The smallest absolute Gasteiger partial charge is 0.360 e. The van der Waals surface area contributed by atoms with E-state index in [0.717, 1.165) is 11.4 Å². The molecule has 0 fully saturated rings. The van der Waals surface area contributed by atoms with Crippen LogP contribution in [0.15, 0.2) is 18.2 Å². The molecule has 0 N–H and O–H groups in total. The van der Waals surface area contributed by atoms with Gasteiger partial charge in [-0.05, 0) is 26.0 Å². The average Bonchev–Trinajstić information content (AvgIpc) is 2.82. The van der Waals surface area contributed by atoms with Crippen molar-refractivity contribution in [1.82, 2.24) is 20.0 Å². The predicted octanol–water partition coefficient (Wildman–Crippen LogP) is 1.95. The molecule has 2 rings (SSSR count). The topological polar surface area (TPSA) is 69.9 Å². The van der Waals surface area contributed by atoms with E-state index in [1.165, 1.54) is 0 Å². The van der Waals surface area contributed by atoms with E-state index < -0.39 is 5.97 Å². The Kier molecular flexibility index (Phi) is 4.68. The number of nitrogens with zero attached hydrogens (tertiary/aromatic N) is 4. The minimum Gasteiger partial charge on any atom is -0.461 e. The Balaban J connectivity index is 2.27. The van der Waals surface area contributed by atoms with Crippen LogP contribution in [0, 0.1) is 6.92 Å². The van der Waals surface area contributed by atoms with E-state index in [4.69, 9.17) is 16.3 Å². The molecule has 6 nitrogen and oxygen atoms in total. The van der Waals surface area contributed by atoms with Crippen molar-refractivity contribution < 1.29 is 9.53 Å². The van der Waals surface area contributed by atoms with Crippen molar-refractivity contribution in [1.29, 1.82) is 0 Å². The summed E-state index contributed by atoms with van der Waals surface area (Å²) >= 11 is 5.89. The highest BCUT2D eigenvalue weighted by Gasteiger charge is 2.20. The molecular weight excluding hydrogens is 280 g/mol. The molecule has 0 unspecified atom stereocenters. The molecule has 0 atom stereocenters. The van der Waals surface area contributed by atoms with Gasteiger partial charge < -0.3 is 4.74 Å². The summed E-state index contributed by atoms with van der Waals surface area (Å²) in [6.45, 7) is 4.35. The van der Waals surface area contributed by atoms with Crippen LogP contribution in [0.5, 0.6) is 0 Å². The molecular formula is C13H15ClN4O2.